The van der Waals surface area contributed by atoms with Crippen molar-refractivity contribution in [3.8, 4) is 5.75 Å². The predicted octanol–water partition coefficient (Wildman–Crippen LogP) is 2.52. The minimum atomic E-state index is 0.491. The van der Waals surface area contributed by atoms with Crippen molar-refractivity contribution < 1.29 is 9.22 Å². The molecule has 0 radical (unpaired) electrons. The molecule has 0 N–H and O–H groups in total. The summed E-state index contributed by atoms with van der Waals surface area (Å²) in [6.07, 6.45) is 0. The lowest BCUT2D eigenvalue weighted by molar-refractivity contribution is -0.918. The Bertz CT molecular complexity index is 371. The molecule has 1 aliphatic rings. The summed E-state index contributed by atoms with van der Waals surface area (Å²) in [5, 5.41) is 0. The molecule has 2 heteroatoms. The van der Waals surface area contributed by atoms with Crippen molar-refractivity contribution in [1.29, 1.82) is 0 Å². The number of likely N-dealkylation sites (N-methyl/N-ethyl adjacent to an activating group) is 1. The largest absolute Gasteiger partial charge is 0.486 e. The number of ether oxygens (including phenoxy) is 1. The van der Waals surface area contributed by atoms with E-state index in [1.165, 1.54) is 11.1 Å². The number of quaternary nitrogens is 1. The number of fused-ring (bicyclic) bond motifs is 1. The highest BCUT2D eigenvalue weighted by Crippen LogP contribution is 2.39. The van der Waals surface area contributed by atoms with E-state index in [0.29, 0.717) is 6.04 Å². The molecule has 1 heterocycles. The van der Waals surface area contributed by atoms with Gasteiger partial charge < -0.3 is 9.22 Å². The van der Waals surface area contributed by atoms with Gasteiger partial charge >= 0.3 is 0 Å². The Morgan fingerprint density at radius 3 is 2.80 bits per heavy atom. The van der Waals surface area contributed by atoms with Gasteiger partial charge in [0.15, 0.2) is 6.04 Å². The maximum Gasteiger partial charge on any atom is 0.152 e. The quantitative estimate of drug-likeness (QED) is 0.676. The van der Waals surface area contributed by atoms with E-state index < -0.39 is 0 Å². The molecule has 0 fully saturated rings. The van der Waals surface area contributed by atoms with Crippen molar-refractivity contribution in [3.05, 3.63) is 29.3 Å². The van der Waals surface area contributed by atoms with Crippen LogP contribution in [0.25, 0.3) is 0 Å². The van der Waals surface area contributed by atoms with E-state index in [4.69, 9.17) is 4.74 Å². The molecule has 1 aromatic carbocycles. The van der Waals surface area contributed by atoms with Crippen molar-refractivity contribution in [3.63, 3.8) is 0 Å². The van der Waals surface area contributed by atoms with Crippen molar-refractivity contribution >= 4 is 0 Å². The molecule has 0 saturated heterocycles. The lowest BCUT2D eigenvalue weighted by Crippen LogP contribution is -2.43. The number of hydrogen-bond acceptors (Lipinski definition) is 1. The number of rotatable bonds is 2. The van der Waals surface area contributed by atoms with Crippen LogP contribution in [0.3, 0.4) is 0 Å². The van der Waals surface area contributed by atoms with Crippen LogP contribution in [0.15, 0.2) is 18.2 Å². The zero-order valence-electron chi connectivity index (χ0n) is 10.1. The highest BCUT2D eigenvalue weighted by atomic mass is 16.5. The third-order valence-corrected chi connectivity index (χ3v) is 3.65. The first-order valence-corrected chi connectivity index (χ1v) is 5.61. The summed E-state index contributed by atoms with van der Waals surface area (Å²) in [7, 11) is 4.54. The Kier molecular flexibility index (Phi) is 2.47. The summed E-state index contributed by atoms with van der Waals surface area (Å²) in [6.45, 7) is 6.30. The van der Waals surface area contributed by atoms with Crippen LogP contribution in [0, 0.1) is 6.92 Å². The number of hydrogen-bond donors (Lipinski definition) is 0. The predicted molar refractivity (Wildman–Crippen MR) is 62.1 cm³/mol. The van der Waals surface area contributed by atoms with E-state index in [9.17, 15) is 0 Å². The average Bonchev–Trinajstić information content (AvgIpc) is 2.63. The topological polar surface area (TPSA) is 9.23 Å². The van der Waals surface area contributed by atoms with Gasteiger partial charge in [0, 0.05) is 0 Å². The van der Waals surface area contributed by atoms with E-state index in [1.54, 1.807) is 0 Å². The summed E-state index contributed by atoms with van der Waals surface area (Å²) in [5.74, 6) is 1.11. The molecule has 0 aliphatic carbocycles. The van der Waals surface area contributed by atoms with E-state index in [2.05, 4.69) is 46.1 Å². The molecule has 1 unspecified atom stereocenters. The standard InChI is InChI=1S/C13H20NO/c1-5-14(3,4)12-9-15-13-10(2)7-6-8-11(12)13/h6-8,12H,5,9H2,1-4H3/q+1. The highest BCUT2D eigenvalue weighted by molar-refractivity contribution is 5.44. The van der Waals surface area contributed by atoms with Crippen LogP contribution < -0.4 is 4.74 Å². The van der Waals surface area contributed by atoms with E-state index >= 15 is 0 Å². The van der Waals surface area contributed by atoms with Crippen molar-refractivity contribution in [1.82, 2.24) is 0 Å². The third kappa shape index (κ3) is 1.63. The number of para-hydroxylation sites is 1. The zero-order chi connectivity index (χ0) is 11.1. The SMILES string of the molecule is CC[N+](C)(C)C1COc2c(C)cccc21. The summed E-state index contributed by atoms with van der Waals surface area (Å²) in [4.78, 5) is 0. The molecule has 0 saturated carbocycles. The minimum absolute atomic E-state index is 0.491. The van der Waals surface area contributed by atoms with E-state index in [1.807, 2.05) is 0 Å². The van der Waals surface area contributed by atoms with Crippen molar-refractivity contribution in [2.24, 2.45) is 0 Å². The van der Waals surface area contributed by atoms with E-state index in [-0.39, 0.29) is 0 Å². The van der Waals surface area contributed by atoms with Gasteiger partial charge in [-0.15, -0.1) is 0 Å². The van der Waals surface area contributed by atoms with Crippen LogP contribution >= 0.6 is 0 Å². The summed E-state index contributed by atoms with van der Waals surface area (Å²) in [6, 6.07) is 6.94. The highest BCUT2D eigenvalue weighted by Gasteiger charge is 2.36. The van der Waals surface area contributed by atoms with Gasteiger partial charge in [-0.05, 0) is 25.5 Å². The molecule has 2 rings (SSSR count). The first-order chi connectivity index (χ1) is 7.06. The molecule has 0 amide bonds. The first-order valence-electron chi connectivity index (χ1n) is 5.61. The monoisotopic (exact) mass is 206 g/mol. The van der Waals surface area contributed by atoms with Gasteiger partial charge in [-0.3, -0.25) is 0 Å². The van der Waals surface area contributed by atoms with Gasteiger partial charge in [0.2, 0.25) is 0 Å². The van der Waals surface area contributed by atoms with Gasteiger partial charge in [-0.25, -0.2) is 0 Å². The van der Waals surface area contributed by atoms with Gasteiger partial charge in [0.1, 0.15) is 12.4 Å². The maximum absolute atomic E-state index is 5.81. The normalized spacial score (nSPS) is 19.9. The molecule has 0 bridgehead atoms. The molecule has 0 spiro atoms. The van der Waals surface area contributed by atoms with Crippen molar-refractivity contribution in [2.45, 2.75) is 19.9 Å². The Morgan fingerprint density at radius 2 is 2.13 bits per heavy atom. The van der Waals surface area contributed by atoms with Gasteiger partial charge in [0.05, 0.1) is 26.2 Å². The van der Waals surface area contributed by atoms with Crippen LogP contribution in [-0.4, -0.2) is 31.7 Å². The van der Waals surface area contributed by atoms with Crippen LogP contribution in [0.4, 0.5) is 0 Å². The van der Waals surface area contributed by atoms with E-state index in [0.717, 1.165) is 23.4 Å². The molecular formula is C13H20NO+. The summed E-state index contributed by atoms with van der Waals surface area (Å²) < 4.78 is 6.81. The van der Waals surface area contributed by atoms with Crippen LogP contribution in [0.5, 0.6) is 5.75 Å². The first kappa shape index (κ1) is 10.5. The molecule has 1 aromatic rings. The molecule has 1 aliphatic heterocycles. The molecular weight excluding hydrogens is 186 g/mol. The fourth-order valence-electron chi connectivity index (χ4n) is 2.19. The Hall–Kier alpha value is -1.02. The van der Waals surface area contributed by atoms with Gasteiger partial charge in [-0.2, -0.15) is 0 Å². The van der Waals surface area contributed by atoms with Crippen LogP contribution in [0.1, 0.15) is 24.1 Å². The third-order valence-electron chi connectivity index (χ3n) is 3.65. The number of benzene rings is 1. The molecule has 15 heavy (non-hydrogen) atoms. The summed E-state index contributed by atoms with van der Waals surface area (Å²) >= 11 is 0. The fraction of sp³-hybridized carbons (Fsp3) is 0.538. The lowest BCUT2D eigenvalue weighted by atomic mass is 10.0. The smallest absolute Gasteiger partial charge is 0.152 e. The number of aryl methyl sites for hydroxylation is 1. The Labute approximate surface area is 92.1 Å². The van der Waals surface area contributed by atoms with Gasteiger partial charge in [0.25, 0.3) is 0 Å². The fourth-order valence-corrected chi connectivity index (χ4v) is 2.19. The Morgan fingerprint density at radius 1 is 1.40 bits per heavy atom. The molecule has 82 valence electrons. The lowest BCUT2D eigenvalue weighted by Gasteiger charge is -2.34. The second-order valence-corrected chi connectivity index (χ2v) is 4.91. The minimum Gasteiger partial charge on any atom is -0.486 e. The second-order valence-electron chi connectivity index (χ2n) is 4.91. The average molecular weight is 206 g/mol. The second kappa shape index (κ2) is 3.53. The zero-order valence-corrected chi connectivity index (χ0v) is 10.1. The molecule has 1 atom stereocenters. The Balaban J connectivity index is 2.41. The van der Waals surface area contributed by atoms with Crippen LogP contribution in [0.2, 0.25) is 0 Å². The number of nitrogens with zero attached hydrogens (tertiary/aromatic N) is 1. The van der Waals surface area contributed by atoms with Crippen molar-refractivity contribution in [2.75, 3.05) is 27.2 Å². The maximum atomic E-state index is 5.81. The molecule has 0 aromatic heterocycles. The van der Waals surface area contributed by atoms with Gasteiger partial charge in [-0.1, -0.05) is 12.1 Å². The summed E-state index contributed by atoms with van der Waals surface area (Å²) in [5.41, 5.74) is 2.63. The van der Waals surface area contributed by atoms with Crippen LogP contribution in [-0.2, 0) is 0 Å². The molecule has 2 nitrogen and oxygen atoms in total.